The lowest BCUT2D eigenvalue weighted by Crippen LogP contribution is -2.51. The molecule has 0 aromatic carbocycles. The minimum Gasteiger partial charge on any atom is -0.390 e. The van der Waals surface area contributed by atoms with Gasteiger partial charge in [0.25, 0.3) is 0 Å². The molecular weight excluding hydrogens is 378 g/mol. The SMILES string of the molecule is C[C@@]1(O)CC[C@H]2[C@H](CC[C@@H]3[C@@H]2CC[C@]2(C)[C@@H](C(=O)On4cc(C#N)cn4)CC[C@@H]32)C1. The fourth-order valence-electron chi connectivity index (χ4n) is 8.04. The van der Waals surface area contributed by atoms with Crippen LogP contribution in [0, 0.1) is 52.3 Å². The summed E-state index contributed by atoms with van der Waals surface area (Å²) in [7, 11) is 0. The van der Waals surface area contributed by atoms with E-state index in [0.717, 1.165) is 55.2 Å². The van der Waals surface area contributed by atoms with Gasteiger partial charge in [-0.05, 0) is 99.7 Å². The van der Waals surface area contributed by atoms with Crippen LogP contribution in [0.5, 0.6) is 0 Å². The Balaban J connectivity index is 1.30. The number of fused-ring (bicyclic) bond motifs is 5. The predicted molar refractivity (Wildman–Crippen MR) is 110 cm³/mol. The van der Waals surface area contributed by atoms with Gasteiger partial charge < -0.3 is 9.94 Å². The third kappa shape index (κ3) is 3.17. The third-order valence-corrected chi connectivity index (χ3v) is 9.39. The first-order valence-electron chi connectivity index (χ1n) is 11.7. The second-order valence-corrected chi connectivity index (χ2v) is 11.0. The normalized spacial score (nSPS) is 45.0. The predicted octanol–water partition coefficient (Wildman–Crippen LogP) is 3.73. The molecule has 8 atom stereocenters. The Morgan fingerprint density at radius 1 is 1.17 bits per heavy atom. The molecule has 0 bridgehead atoms. The van der Waals surface area contributed by atoms with Crippen LogP contribution in [0.2, 0.25) is 0 Å². The summed E-state index contributed by atoms with van der Waals surface area (Å²) in [6.45, 7) is 4.33. The lowest BCUT2D eigenvalue weighted by molar-refractivity contribution is -0.159. The summed E-state index contributed by atoms with van der Waals surface area (Å²) in [5.41, 5.74) is -0.0876. The Hall–Kier alpha value is -1.87. The van der Waals surface area contributed by atoms with Crippen molar-refractivity contribution in [2.45, 2.75) is 77.2 Å². The van der Waals surface area contributed by atoms with E-state index in [9.17, 15) is 9.90 Å². The topological polar surface area (TPSA) is 88.1 Å². The molecule has 0 radical (unpaired) electrons. The molecule has 1 aromatic rings. The number of carbonyl (C=O) groups is 1. The maximum absolute atomic E-state index is 13.0. The highest BCUT2D eigenvalue weighted by Gasteiger charge is 2.59. The van der Waals surface area contributed by atoms with E-state index in [0.29, 0.717) is 23.3 Å². The van der Waals surface area contributed by atoms with Crippen molar-refractivity contribution in [3.05, 3.63) is 18.0 Å². The molecular formula is C24H33N3O3. The van der Waals surface area contributed by atoms with Crippen molar-refractivity contribution in [3.63, 3.8) is 0 Å². The zero-order valence-corrected chi connectivity index (χ0v) is 18.1. The van der Waals surface area contributed by atoms with E-state index in [1.165, 1.54) is 31.7 Å². The van der Waals surface area contributed by atoms with Gasteiger partial charge in [0.15, 0.2) is 0 Å². The van der Waals surface area contributed by atoms with E-state index in [1.807, 2.05) is 13.0 Å². The van der Waals surface area contributed by atoms with Crippen molar-refractivity contribution in [2.24, 2.45) is 40.9 Å². The zero-order valence-electron chi connectivity index (χ0n) is 18.1. The fraction of sp³-hybridized carbons (Fsp3) is 0.792. The summed E-state index contributed by atoms with van der Waals surface area (Å²) in [5, 5.41) is 23.5. The van der Waals surface area contributed by atoms with E-state index in [2.05, 4.69) is 12.0 Å². The first-order valence-corrected chi connectivity index (χ1v) is 11.7. The molecule has 0 amide bonds. The Labute approximate surface area is 178 Å². The molecule has 162 valence electrons. The molecule has 4 aliphatic rings. The molecule has 0 aliphatic heterocycles. The Morgan fingerprint density at radius 3 is 2.73 bits per heavy atom. The van der Waals surface area contributed by atoms with Gasteiger partial charge in [-0.15, -0.1) is 5.10 Å². The summed E-state index contributed by atoms with van der Waals surface area (Å²) in [6.07, 6.45) is 12.7. The van der Waals surface area contributed by atoms with Crippen LogP contribution >= 0.6 is 0 Å². The molecule has 0 saturated heterocycles. The lowest BCUT2D eigenvalue weighted by atomic mass is 9.49. The smallest absolute Gasteiger partial charge is 0.338 e. The van der Waals surface area contributed by atoms with Gasteiger partial charge in [-0.2, -0.15) is 5.26 Å². The second kappa shape index (κ2) is 7.09. The van der Waals surface area contributed by atoms with Crippen molar-refractivity contribution >= 4 is 5.97 Å². The molecule has 4 saturated carbocycles. The van der Waals surface area contributed by atoms with E-state index in [1.54, 1.807) is 0 Å². The van der Waals surface area contributed by atoms with Crippen LogP contribution in [-0.2, 0) is 4.79 Å². The van der Waals surface area contributed by atoms with E-state index in [-0.39, 0.29) is 17.3 Å². The highest BCUT2D eigenvalue weighted by atomic mass is 16.7. The quantitative estimate of drug-likeness (QED) is 0.801. The van der Waals surface area contributed by atoms with Crippen LogP contribution in [0.1, 0.15) is 77.2 Å². The fourth-order valence-corrected chi connectivity index (χ4v) is 8.04. The molecule has 6 nitrogen and oxygen atoms in total. The highest BCUT2D eigenvalue weighted by Crippen LogP contribution is 2.64. The summed E-state index contributed by atoms with van der Waals surface area (Å²) in [5.74, 6) is 3.20. The largest absolute Gasteiger partial charge is 0.390 e. The summed E-state index contributed by atoms with van der Waals surface area (Å²) < 4.78 is 0. The molecule has 4 aliphatic carbocycles. The average molecular weight is 412 g/mol. The maximum Gasteiger partial charge on any atom is 0.338 e. The number of nitriles is 1. The molecule has 6 heteroatoms. The molecule has 5 rings (SSSR count). The molecule has 1 heterocycles. The van der Waals surface area contributed by atoms with Crippen molar-refractivity contribution in [1.82, 2.24) is 9.94 Å². The van der Waals surface area contributed by atoms with Gasteiger partial charge in [-0.25, -0.2) is 4.79 Å². The number of nitrogens with zero attached hydrogens (tertiary/aromatic N) is 3. The number of aromatic nitrogens is 2. The van der Waals surface area contributed by atoms with E-state index in [4.69, 9.17) is 10.1 Å². The van der Waals surface area contributed by atoms with Gasteiger partial charge in [-0.1, -0.05) is 11.8 Å². The first-order chi connectivity index (χ1) is 14.3. The summed E-state index contributed by atoms with van der Waals surface area (Å²) in [4.78, 5) is 19.7. The standard InChI is InChI=1S/C24H33N3O3/c1-23(29)9-7-17-16(11-23)3-4-19-18(17)8-10-24(2)20(19)5-6-21(24)22(28)30-27-14-15(12-25)13-26-27/h13-14,16-21,29H,3-11H2,1-2H3/t16-,17+,18-,19-,20+,21-,23-,24+/m1/s1. The monoisotopic (exact) mass is 411 g/mol. The molecule has 0 spiro atoms. The van der Waals surface area contributed by atoms with Gasteiger partial charge in [-0.3, -0.25) is 0 Å². The number of hydrogen-bond donors (Lipinski definition) is 1. The molecule has 1 N–H and O–H groups in total. The molecule has 1 aromatic heterocycles. The lowest BCUT2D eigenvalue weighted by Gasteiger charge is -2.56. The first kappa shape index (κ1) is 20.1. The zero-order chi connectivity index (χ0) is 21.1. The van der Waals surface area contributed by atoms with Crippen molar-refractivity contribution in [3.8, 4) is 6.07 Å². The number of carbonyl (C=O) groups excluding carboxylic acids is 1. The van der Waals surface area contributed by atoms with Crippen LogP contribution in [-0.4, -0.2) is 26.6 Å². The Bertz CT molecular complexity index is 871. The minimum absolute atomic E-state index is 0.00351. The van der Waals surface area contributed by atoms with Crippen LogP contribution in [0.15, 0.2) is 12.4 Å². The van der Waals surface area contributed by atoms with Crippen LogP contribution in [0.3, 0.4) is 0 Å². The second-order valence-electron chi connectivity index (χ2n) is 11.0. The van der Waals surface area contributed by atoms with Crippen LogP contribution < -0.4 is 4.84 Å². The Morgan fingerprint density at radius 2 is 1.97 bits per heavy atom. The maximum atomic E-state index is 13.0. The van der Waals surface area contributed by atoms with E-state index < -0.39 is 5.60 Å². The highest BCUT2D eigenvalue weighted by molar-refractivity contribution is 5.74. The number of hydrogen-bond acceptors (Lipinski definition) is 5. The number of aliphatic hydroxyl groups is 1. The summed E-state index contributed by atoms with van der Waals surface area (Å²) in [6, 6.07) is 2.01. The van der Waals surface area contributed by atoms with Crippen molar-refractivity contribution in [2.75, 3.05) is 0 Å². The minimum atomic E-state index is -0.475. The van der Waals surface area contributed by atoms with Gasteiger partial charge in [0.05, 0.1) is 29.5 Å². The molecule has 4 fully saturated rings. The Kier molecular flexibility index (Phi) is 4.74. The molecule has 0 unspecified atom stereocenters. The van der Waals surface area contributed by atoms with Gasteiger partial charge in [0, 0.05) is 0 Å². The van der Waals surface area contributed by atoms with Crippen molar-refractivity contribution in [1.29, 1.82) is 5.26 Å². The average Bonchev–Trinajstić information content (AvgIpc) is 3.30. The molecule has 30 heavy (non-hydrogen) atoms. The summed E-state index contributed by atoms with van der Waals surface area (Å²) >= 11 is 0. The van der Waals surface area contributed by atoms with Gasteiger partial charge in [0.1, 0.15) is 6.07 Å². The van der Waals surface area contributed by atoms with E-state index >= 15 is 0 Å². The van der Waals surface area contributed by atoms with Crippen molar-refractivity contribution < 1.29 is 14.7 Å². The number of rotatable bonds is 2. The van der Waals surface area contributed by atoms with Gasteiger partial charge >= 0.3 is 5.97 Å². The van der Waals surface area contributed by atoms with Gasteiger partial charge in [0.2, 0.25) is 0 Å². The third-order valence-electron chi connectivity index (χ3n) is 9.39. The van der Waals surface area contributed by atoms with Crippen LogP contribution in [0.4, 0.5) is 0 Å². The van der Waals surface area contributed by atoms with Crippen LogP contribution in [0.25, 0.3) is 0 Å².